The fourth-order valence-corrected chi connectivity index (χ4v) is 5.11. The van der Waals surface area contributed by atoms with Gasteiger partial charge in [0.15, 0.2) is 11.5 Å². The van der Waals surface area contributed by atoms with Crippen molar-refractivity contribution in [3.05, 3.63) is 32.9 Å². The summed E-state index contributed by atoms with van der Waals surface area (Å²) in [5.41, 5.74) is 0.744. The van der Waals surface area contributed by atoms with E-state index in [9.17, 15) is 19.5 Å². The lowest BCUT2D eigenvalue weighted by Crippen LogP contribution is -2.57. The average molecular weight is 616 g/mol. The molecule has 0 aliphatic heterocycles. The SMILES string of the molecule is COCCN(C(=O)C1CCC1)C1CC(C(=O)NCCO)=CC(Oc2c(I)cc(C=O)cc2OC)C1O. The Hall–Kier alpha value is -2.22. The van der Waals surface area contributed by atoms with Crippen molar-refractivity contribution in [2.75, 3.05) is 40.5 Å². The van der Waals surface area contributed by atoms with Gasteiger partial charge in [-0.1, -0.05) is 6.42 Å². The second kappa shape index (κ2) is 13.4. The Morgan fingerprint density at radius 1 is 1.28 bits per heavy atom. The van der Waals surface area contributed by atoms with Crippen LogP contribution >= 0.6 is 22.6 Å². The highest BCUT2D eigenvalue weighted by molar-refractivity contribution is 14.1. The van der Waals surface area contributed by atoms with E-state index in [-0.39, 0.29) is 44.5 Å². The Labute approximate surface area is 224 Å². The van der Waals surface area contributed by atoms with E-state index in [1.807, 2.05) is 22.6 Å². The van der Waals surface area contributed by atoms with E-state index < -0.39 is 24.2 Å². The Balaban J connectivity index is 1.97. The minimum Gasteiger partial charge on any atom is -0.493 e. The molecule has 1 aromatic carbocycles. The highest BCUT2D eigenvalue weighted by atomic mass is 127. The van der Waals surface area contributed by atoms with Gasteiger partial charge in [-0.3, -0.25) is 14.4 Å². The largest absolute Gasteiger partial charge is 0.493 e. The molecule has 0 bridgehead atoms. The molecular formula is C25H33IN2O8. The van der Waals surface area contributed by atoms with Gasteiger partial charge in [0, 0.05) is 43.7 Å². The van der Waals surface area contributed by atoms with Crippen molar-refractivity contribution < 1.29 is 38.8 Å². The Bertz CT molecular complexity index is 981. The van der Waals surface area contributed by atoms with Crippen LogP contribution in [0.3, 0.4) is 0 Å². The van der Waals surface area contributed by atoms with E-state index in [1.54, 1.807) is 24.2 Å². The molecule has 0 heterocycles. The highest BCUT2D eigenvalue weighted by Crippen LogP contribution is 2.37. The van der Waals surface area contributed by atoms with Gasteiger partial charge in [-0.25, -0.2) is 0 Å². The Morgan fingerprint density at radius 3 is 2.61 bits per heavy atom. The number of halogens is 1. The number of carbonyl (C=O) groups excluding carboxylic acids is 3. The van der Waals surface area contributed by atoms with Crippen LogP contribution in [0.25, 0.3) is 0 Å². The summed E-state index contributed by atoms with van der Waals surface area (Å²) in [6, 6.07) is 2.43. The lowest BCUT2D eigenvalue weighted by atomic mass is 9.82. The number of amides is 2. The molecule has 36 heavy (non-hydrogen) atoms. The summed E-state index contributed by atoms with van der Waals surface area (Å²) in [6.07, 6.45) is 2.80. The number of hydrogen-bond donors (Lipinski definition) is 3. The van der Waals surface area contributed by atoms with Gasteiger partial charge >= 0.3 is 0 Å². The smallest absolute Gasteiger partial charge is 0.247 e. The molecular weight excluding hydrogens is 583 g/mol. The quantitative estimate of drug-likeness (QED) is 0.237. The molecule has 1 aromatic rings. The number of aliphatic hydroxyl groups excluding tert-OH is 2. The second-order valence-corrected chi connectivity index (χ2v) is 9.98. The molecule has 2 aliphatic rings. The van der Waals surface area contributed by atoms with Gasteiger partial charge in [-0.05, 0) is 53.6 Å². The maximum atomic E-state index is 13.3. The first-order valence-corrected chi connectivity index (χ1v) is 13.0. The van der Waals surface area contributed by atoms with Gasteiger partial charge in [-0.2, -0.15) is 0 Å². The molecule has 1 saturated carbocycles. The molecule has 0 aromatic heterocycles. The first kappa shape index (κ1) is 28.4. The number of benzene rings is 1. The van der Waals surface area contributed by atoms with Crippen molar-refractivity contribution >= 4 is 40.7 Å². The van der Waals surface area contributed by atoms with Crippen LogP contribution in [0.15, 0.2) is 23.8 Å². The lowest BCUT2D eigenvalue weighted by Gasteiger charge is -2.42. The van der Waals surface area contributed by atoms with Gasteiger partial charge in [0.1, 0.15) is 18.5 Å². The summed E-state index contributed by atoms with van der Waals surface area (Å²) in [6.45, 7) is 0.397. The van der Waals surface area contributed by atoms with Crippen LogP contribution in [0.1, 0.15) is 36.0 Å². The van der Waals surface area contributed by atoms with Crippen molar-refractivity contribution in [1.29, 1.82) is 0 Å². The maximum Gasteiger partial charge on any atom is 0.247 e. The molecule has 198 valence electrons. The van der Waals surface area contributed by atoms with Crippen molar-refractivity contribution in [1.82, 2.24) is 10.2 Å². The lowest BCUT2D eigenvalue weighted by molar-refractivity contribution is -0.146. The van der Waals surface area contributed by atoms with E-state index >= 15 is 0 Å². The molecule has 10 nitrogen and oxygen atoms in total. The van der Waals surface area contributed by atoms with E-state index in [0.29, 0.717) is 32.5 Å². The van der Waals surface area contributed by atoms with E-state index in [0.717, 1.165) is 19.3 Å². The fourth-order valence-electron chi connectivity index (χ4n) is 4.36. The minimum absolute atomic E-state index is 0.0689. The fraction of sp³-hybridized carbons (Fsp3) is 0.560. The zero-order valence-corrected chi connectivity index (χ0v) is 22.6. The Kier molecular flexibility index (Phi) is 10.5. The van der Waals surface area contributed by atoms with Crippen LogP contribution in [-0.4, -0.2) is 92.0 Å². The summed E-state index contributed by atoms with van der Waals surface area (Å²) in [5, 5.41) is 23.2. The van der Waals surface area contributed by atoms with Crippen molar-refractivity contribution in [2.45, 2.75) is 43.9 Å². The number of ether oxygens (including phenoxy) is 3. The average Bonchev–Trinajstić information content (AvgIpc) is 2.84. The van der Waals surface area contributed by atoms with Gasteiger partial charge in [0.25, 0.3) is 0 Å². The number of aliphatic hydroxyl groups is 2. The highest BCUT2D eigenvalue weighted by Gasteiger charge is 2.42. The van der Waals surface area contributed by atoms with Crippen LogP contribution in [0, 0.1) is 9.49 Å². The predicted molar refractivity (Wildman–Crippen MR) is 139 cm³/mol. The van der Waals surface area contributed by atoms with Crippen LogP contribution in [0.5, 0.6) is 11.5 Å². The number of hydrogen-bond acceptors (Lipinski definition) is 8. The molecule has 3 N–H and O–H groups in total. The molecule has 0 saturated heterocycles. The topological polar surface area (TPSA) is 135 Å². The predicted octanol–water partition coefficient (Wildman–Crippen LogP) is 1.30. The number of nitrogens with zero attached hydrogens (tertiary/aromatic N) is 1. The first-order valence-electron chi connectivity index (χ1n) is 11.9. The summed E-state index contributed by atoms with van der Waals surface area (Å²) in [4.78, 5) is 39.1. The third-order valence-electron chi connectivity index (χ3n) is 6.53. The molecule has 0 spiro atoms. The van der Waals surface area contributed by atoms with Crippen molar-refractivity contribution in [3.63, 3.8) is 0 Å². The first-order chi connectivity index (χ1) is 17.3. The molecule has 2 aliphatic carbocycles. The van der Waals surface area contributed by atoms with Gasteiger partial charge in [0.2, 0.25) is 11.8 Å². The van der Waals surface area contributed by atoms with Crippen LogP contribution < -0.4 is 14.8 Å². The zero-order chi connectivity index (χ0) is 26.2. The monoisotopic (exact) mass is 616 g/mol. The van der Waals surface area contributed by atoms with E-state index in [4.69, 9.17) is 19.3 Å². The second-order valence-electron chi connectivity index (χ2n) is 8.82. The van der Waals surface area contributed by atoms with E-state index in [2.05, 4.69) is 5.32 Å². The Morgan fingerprint density at radius 2 is 2.03 bits per heavy atom. The normalized spacial score (nSPS) is 21.7. The summed E-state index contributed by atoms with van der Waals surface area (Å²) >= 11 is 2.01. The summed E-state index contributed by atoms with van der Waals surface area (Å²) < 4.78 is 17.4. The molecule has 3 unspecified atom stereocenters. The third kappa shape index (κ3) is 6.55. The molecule has 1 fully saturated rings. The van der Waals surface area contributed by atoms with Crippen LogP contribution in [0.2, 0.25) is 0 Å². The summed E-state index contributed by atoms with van der Waals surface area (Å²) in [7, 11) is 2.99. The van der Waals surface area contributed by atoms with Crippen LogP contribution in [0.4, 0.5) is 0 Å². The summed E-state index contributed by atoms with van der Waals surface area (Å²) in [5.74, 6) is 0.0344. The number of carbonyl (C=O) groups is 3. The molecule has 2 amide bonds. The van der Waals surface area contributed by atoms with Crippen molar-refractivity contribution in [3.8, 4) is 11.5 Å². The number of rotatable bonds is 12. The minimum atomic E-state index is -1.15. The third-order valence-corrected chi connectivity index (χ3v) is 7.33. The molecule has 0 radical (unpaired) electrons. The van der Waals surface area contributed by atoms with Gasteiger partial charge in [0.05, 0.1) is 29.9 Å². The van der Waals surface area contributed by atoms with Crippen molar-refractivity contribution in [2.24, 2.45) is 5.92 Å². The van der Waals surface area contributed by atoms with Gasteiger partial charge < -0.3 is 34.6 Å². The number of aldehydes is 1. The molecule has 3 rings (SSSR count). The standard InChI is InChI=1S/C25H33IN2O8/c1-34-9-7-28(25(33)16-4-3-5-16)19-12-17(24(32)27-6-8-29)13-20(22(19)31)36-23-18(26)10-15(14-30)11-21(23)35-2/h10-11,13-14,16,19-20,22,29,31H,3-9,12H2,1-2H3,(H,27,32). The maximum absolute atomic E-state index is 13.3. The van der Waals surface area contributed by atoms with E-state index in [1.165, 1.54) is 13.2 Å². The molecule has 3 atom stereocenters. The zero-order valence-electron chi connectivity index (χ0n) is 20.4. The van der Waals surface area contributed by atoms with Crippen LogP contribution in [-0.2, 0) is 14.3 Å². The number of methoxy groups -OCH3 is 2. The molecule has 11 heteroatoms. The number of nitrogens with one attached hydrogen (secondary N) is 1. The van der Waals surface area contributed by atoms with Gasteiger partial charge in [-0.15, -0.1) is 0 Å².